The molecule has 0 saturated heterocycles. The molecule has 3 heterocycles. The summed E-state index contributed by atoms with van der Waals surface area (Å²) in [6.07, 6.45) is -1.19. The number of hydrogen-bond donors (Lipinski definition) is 1. The largest absolute Gasteiger partial charge is 0.393 e. The first-order valence-corrected chi connectivity index (χ1v) is 10.7. The van der Waals surface area contributed by atoms with Crippen LogP contribution in [-0.4, -0.2) is 31.6 Å². The zero-order valence-corrected chi connectivity index (χ0v) is 19.2. The number of fused-ring (bicyclic) bond motifs is 1. The quantitative estimate of drug-likeness (QED) is 0.386. The van der Waals surface area contributed by atoms with Gasteiger partial charge in [0.25, 0.3) is 5.91 Å². The highest BCUT2D eigenvalue weighted by Crippen LogP contribution is 2.41. The number of amides is 1. The zero-order chi connectivity index (χ0) is 24.7. The third kappa shape index (κ3) is 4.66. The Morgan fingerprint density at radius 1 is 1.15 bits per heavy atom. The van der Waals surface area contributed by atoms with Gasteiger partial charge in [-0.1, -0.05) is 31.1 Å². The van der Waals surface area contributed by atoms with Crippen molar-refractivity contribution in [2.75, 3.05) is 5.32 Å². The fraction of sp³-hybridized carbons (Fsp3) is 0.333. The Morgan fingerprint density at radius 3 is 2.65 bits per heavy atom. The highest BCUT2D eigenvalue weighted by molar-refractivity contribution is 6.04. The first-order chi connectivity index (χ1) is 15.9. The molecular formula is C24H24F3N5O2. The van der Waals surface area contributed by atoms with Crippen LogP contribution in [0.2, 0.25) is 0 Å². The highest BCUT2D eigenvalue weighted by Gasteiger charge is 2.46. The first-order valence-electron chi connectivity index (χ1n) is 10.7. The van der Waals surface area contributed by atoms with Crippen LogP contribution >= 0.6 is 0 Å². The van der Waals surface area contributed by atoms with Gasteiger partial charge in [-0.25, -0.2) is 4.98 Å². The average molecular weight is 471 g/mol. The lowest BCUT2D eigenvalue weighted by Gasteiger charge is -2.26. The minimum atomic E-state index is -4.32. The third-order valence-corrected chi connectivity index (χ3v) is 5.84. The van der Waals surface area contributed by atoms with E-state index in [0.717, 1.165) is 25.0 Å². The fourth-order valence-electron chi connectivity index (χ4n) is 3.37. The zero-order valence-electron chi connectivity index (χ0n) is 19.2. The maximum Gasteiger partial charge on any atom is 0.393 e. The fourth-order valence-corrected chi connectivity index (χ4v) is 3.37. The molecule has 7 nitrogen and oxygen atoms in total. The SMILES string of the molecule is Cc1ccn2c(C(=O)Nc3cc(-c4noc(CCC(C)(C)C(F)(F)F)n4)ccc3C)cnc2c1. The van der Waals surface area contributed by atoms with E-state index in [4.69, 9.17) is 4.52 Å². The summed E-state index contributed by atoms with van der Waals surface area (Å²) in [6, 6.07) is 9.03. The molecular weight excluding hydrogens is 447 g/mol. The van der Waals surface area contributed by atoms with Gasteiger partial charge in [-0.05, 0) is 49.6 Å². The highest BCUT2D eigenvalue weighted by atomic mass is 19.4. The van der Waals surface area contributed by atoms with Crippen LogP contribution in [-0.2, 0) is 6.42 Å². The van der Waals surface area contributed by atoms with Crippen LogP contribution in [0.15, 0.2) is 47.2 Å². The number of nitrogens with zero attached hydrogens (tertiary/aromatic N) is 4. The Morgan fingerprint density at radius 2 is 1.91 bits per heavy atom. The molecule has 34 heavy (non-hydrogen) atoms. The van der Waals surface area contributed by atoms with Crippen molar-refractivity contribution in [2.24, 2.45) is 5.41 Å². The molecule has 0 aliphatic carbocycles. The van der Waals surface area contributed by atoms with E-state index in [1.54, 1.807) is 28.8 Å². The molecule has 0 saturated carbocycles. The molecule has 178 valence electrons. The van der Waals surface area contributed by atoms with Gasteiger partial charge in [-0.2, -0.15) is 18.2 Å². The number of carbonyl (C=O) groups is 1. The van der Waals surface area contributed by atoms with Gasteiger partial charge in [0.1, 0.15) is 11.3 Å². The van der Waals surface area contributed by atoms with Gasteiger partial charge < -0.3 is 9.84 Å². The van der Waals surface area contributed by atoms with Crippen molar-refractivity contribution in [1.82, 2.24) is 19.5 Å². The number of halogens is 3. The van der Waals surface area contributed by atoms with Crippen molar-refractivity contribution in [1.29, 1.82) is 0 Å². The number of nitrogens with one attached hydrogen (secondary N) is 1. The molecule has 0 spiro atoms. The number of alkyl halides is 3. The number of benzene rings is 1. The van der Waals surface area contributed by atoms with Crippen LogP contribution in [0.1, 0.15) is 47.8 Å². The molecule has 0 atom stereocenters. The molecule has 4 aromatic rings. The van der Waals surface area contributed by atoms with Crippen molar-refractivity contribution in [3.63, 3.8) is 0 Å². The number of anilines is 1. The molecule has 1 aromatic carbocycles. The van der Waals surface area contributed by atoms with E-state index < -0.39 is 11.6 Å². The smallest absolute Gasteiger partial charge is 0.339 e. The minimum Gasteiger partial charge on any atom is -0.339 e. The lowest BCUT2D eigenvalue weighted by molar-refractivity contribution is -0.213. The van der Waals surface area contributed by atoms with Crippen molar-refractivity contribution in [3.8, 4) is 11.4 Å². The molecule has 0 aliphatic rings. The molecule has 0 unspecified atom stereocenters. The monoisotopic (exact) mass is 471 g/mol. The molecule has 0 bridgehead atoms. The maximum atomic E-state index is 13.1. The van der Waals surface area contributed by atoms with E-state index in [2.05, 4.69) is 20.4 Å². The molecule has 1 amide bonds. The molecule has 10 heteroatoms. The van der Waals surface area contributed by atoms with Gasteiger partial charge in [0.2, 0.25) is 11.7 Å². The minimum absolute atomic E-state index is 0.00270. The molecule has 4 rings (SSSR count). The molecule has 0 aliphatic heterocycles. The Hall–Kier alpha value is -3.69. The van der Waals surface area contributed by atoms with Gasteiger partial charge >= 0.3 is 6.18 Å². The van der Waals surface area contributed by atoms with Crippen LogP contribution < -0.4 is 5.32 Å². The second kappa shape index (κ2) is 8.58. The topological polar surface area (TPSA) is 85.3 Å². The van der Waals surface area contributed by atoms with Crippen LogP contribution in [0.3, 0.4) is 0 Å². The number of carbonyl (C=O) groups excluding carboxylic acids is 1. The van der Waals surface area contributed by atoms with Gasteiger partial charge in [0.05, 0.1) is 11.6 Å². The summed E-state index contributed by atoms with van der Waals surface area (Å²) in [5.41, 5.74) is 2.17. The van der Waals surface area contributed by atoms with E-state index >= 15 is 0 Å². The number of pyridine rings is 1. The van der Waals surface area contributed by atoms with Gasteiger partial charge in [-0.3, -0.25) is 9.20 Å². The summed E-state index contributed by atoms with van der Waals surface area (Å²) < 4.78 is 46.1. The number of hydrogen-bond acceptors (Lipinski definition) is 5. The third-order valence-electron chi connectivity index (χ3n) is 5.84. The molecule has 0 fully saturated rings. The number of aryl methyl sites for hydroxylation is 3. The van der Waals surface area contributed by atoms with Crippen molar-refractivity contribution in [3.05, 3.63) is 65.4 Å². The predicted molar refractivity (Wildman–Crippen MR) is 121 cm³/mol. The van der Waals surface area contributed by atoms with E-state index in [-0.39, 0.29) is 30.5 Å². The van der Waals surface area contributed by atoms with E-state index in [9.17, 15) is 18.0 Å². The maximum absolute atomic E-state index is 13.1. The van der Waals surface area contributed by atoms with E-state index in [1.807, 2.05) is 26.0 Å². The van der Waals surface area contributed by atoms with Crippen LogP contribution in [0, 0.1) is 19.3 Å². The number of aromatic nitrogens is 4. The second-order valence-corrected chi connectivity index (χ2v) is 8.95. The Labute approximate surface area is 194 Å². The number of imidazole rings is 1. The molecule has 1 N–H and O–H groups in total. The summed E-state index contributed by atoms with van der Waals surface area (Å²) in [5.74, 6) is 0.0277. The summed E-state index contributed by atoms with van der Waals surface area (Å²) >= 11 is 0. The van der Waals surface area contributed by atoms with Crippen LogP contribution in [0.5, 0.6) is 0 Å². The van der Waals surface area contributed by atoms with Crippen molar-refractivity contribution >= 4 is 17.2 Å². The van der Waals surface area contributed by atoms with Gasteiger partial charge in [0, 0.05) is 23.9 Å². The van der Waals surface area contributed by atoms with E-state index in [0.29, 0.717) is 22.6 Å². The Kier molecular flexibility index (Phi) is 5.93. The van der Waals surface area contributed by atoms with Crippen LogP contribution in [0.25, 0.3) is 17.0 Å². The lowest BCUT2D eigenvalue weighted by Crippen LogP contribution is -2.32. The van der Waals surface area contributed by atoms with Crippen molar-refractivity contribution in [2.45, 2.75) is 46.7 Å². The molecule has 3 aromatic heterocycles. The summed E-state index contributed by atoms with van der Waals surface area (Å²) in [6.45, 7) is 6.08. The second-order valence-electron chi connectivity index (χ2n) is 8.95. The average Bonchev–Trinajstić information content (AvgIpc) is 3.40. The summed E-state index contributed by atoms with van der Waals surface area (Å²) in [7, 11) is 0. The van der Waals surface area contributed by atoms with Gasteiger partial charge in [0.15, 0.2) is 0 Å². The predicted octanol–water partition coefficient (Wildman–Crippen LogP) is 5.77. The first kappa shape index (κ1) is 23.5. The van der Waals surface area contributed by atoms with Crippen molar-refractivity contribution < 1.29 is 22.5 Å². The Bertz CT molecular complexity index is 1350. The molecule has 0 radical (unpaired) electrons. The Balaban J connectivity index is 1.52. The van der Waals surface area contributed by atoms with Gasteiger partial charge in [-0.15, -0.1) is 0 Å². The normalized spacial score (nSPS) is 12.3. The summed E-state index contributed by atoms with van der Waals surface area (Å²) in [5, 5.41) is 6.79. The number of rotatable bonds is 6. The standard InChI is InChI=1S/C24H24F3N5O2/c1-14-8-10-32-18(13-28-19(32)11-14)22(33)29-17-12-16(6-5-15(17)2)21-30-20(34-31-21)7-9-23(3,4)24(25,26)27/h5-6,8,10-13H,7,9H2,1-4H3,(H,29,33). The summed E-state index contributed by atoms with van der Waals surface area (Å²) in [4.78, 5) is 21.4. The lowest BCUT2D eigenvalue weighted by atomic mass is 9.87. The van der Waals surface area contributed by atoms with Crippen LogP contribution in [0.4, 0.5) is 18.9 Å². The van der Waals surface area contributed by atoms with E-state index in [1.165, 1.54) is 6.20 Å².